The van der Waals surface area contributed by atoms with E-state index in [0.29, 0.717) is 23.9 Å². The predicted octanol–water partition coefficient (Wildman–Crippen LogP) is 15.1. The maximum absolute atomic E-state index is 12.8. The quantitative estimate of drug-likeness (QED) is 0.0211. The van der Waals surface area contributed by atoms with Crippen LogP contribution in [0.4, 0.5) is 0 Å². The van der Waals surface area contributed by atoms with Gasteiger partial charge in [-0.2, -0.15) is 0 Å². The third kappa shape index (κ3) is 51.1. The van der Waals surface area contributed by atoms with Gasteiger partial charge < -0.3 is 28.5 Å². The molecule has 9 heteroatoms. The largest absolute Gasteiger partial charge is 0.477 e. The van der Waals surface area contributed by atoms with Crippen molar-refractivity contribution >= 4 is 17.9 Å². The molecular weight excluding hydrogens is 863 g/mol. The molecule has 0 amide bonds. The number of hydrogen-bond donors (Lipinski definition) is 1. The molecule has 2 unspecified atom stereocenters. The van der Waals surface area contributed by atoms with Gasteiger partial charge >= 0.3 is 17.9 Å². The summed E-state index contributed by atoms with van der Waals surface area (Å²) in [6, 6.07) is 0. The summed E-state index contributed by atoms with van der Waals surface area (Å²) < 4.78 is 22.7. The molecule has 0 rings (SSSR count). The Kier molecular flexibility index (Phi) is 46.5. The van der Waals surface area contributed by atoms with Crippen LogP contribution in [0.5, 0.6) is 0 Å². The molecule has 0 radical (unpaired) electrons. The number of nitrogens with zero attached hydrogens (tertiary/aromatic N) is 1. The molecule has 0 fully saturated rings. The van der Waals surface area contributed by atoms with Gasteiger partial charge in [0, 0.05) is 12.8 Å². The Morgan fingerprint density at radius 3 is 1.20 bits per heavy atom. The maximum Gasteiger partial charge on any atom is 0.361 e. The molecule has 0 aliphatic carbocycles. The Hall–Kier alpha value is -4.57. The fraction of sp³-hybridized carbons (Fsp3) is 0.583. The van der Waals surface area contributed by atoms with Crippen LogP contribution in [0.3, 0.4) is 0 Å². The van der Waals surface area contributed by atoms with Crippen molar-refractivity contribution in [3.8, 4) is 0 Å². The molecule has 0 bridgehead atoms. The van der Waals surface area contributed by atoms with Gasteiger partial charge in [-0.1, -0.05) is 186 Å². The summed E-state index contributed by atoms with van der Waals surface area (Å²) in [4.78, 5) is 37.3. The summed E-state index contributed by atoms with van der Waals surface area (Å²) in [7, 11) is 5.93. The Morgan fingerprint density at radius 2 is 0.797 bits per heavy atom. The Balaban J connectivity index is 4.42. The van der Waals surface area contributed by atoms with E-state index in [0.717, 1.165) is 103 Å². The zero-order valence-electron chi connectivity index (χ0n) is 43.9. The zero-order valence-corrected chi connectivity index (χ0v) is 43.9. The van der Waals surface area contributed by atoms with Crippen molar-refractivity contribution in [2.45, 2.75) is 180 Å². The van der Waals surface area contributed by atoms with Gasteiger partial charge in [0.2, 0.25) is 0 Å². The van der Waals surface area contributed by atoms with Crippen molar-refractivity contribution in [1.82, 2.24) is 0 Å². The van der Waals surface area contributed by atoms with Crippen LogP contribution in [0.1, 0.15) is 168 Å². The number of likely N-dealkylation sites (N-methyl/N-ethyl adjacent to an activating group) is 1. The smallest absolute Gasteiger partial charge is 0.361 e. The Bertz CT molecular complexity index is 1590. The fourth-order valence-corrected chi connectivity index (χ4v) is 6.40. The van der Waals surface area contributed by atoms with Crippen LogP contribution in [0.25, 0.3) is 0 Å². The number of carboxylic acid groups (broad SMARTS) is 1. The molecule has 69 heavy (non-hydrogen) atoms. The Labute approximate surface area is 420 Å². The number of aliphatic carboxylic acids is 1. The highest BCUT2D eigenvalue weighted by Gasteiger charge is 2.25. The molecule has 9 nitrogen and oxygen atoms in total. The van der Waals surface area contributed by atoms with Gasteiger partial charge in [-0.3, -0.25) is 9.59 Å². The van der Waals surface area contributed by atoms with Gasteiger partial charge in [0.25, 0.3) is 6.29 Å². The van der Waals surface area contributed by atoms with Gasteiger partial charge in [0.15, 0.2) is 6.10 Å². The average molecular weight is 959 g/mol. The van der Waals surface area contributed by atoms with Crippen LogP contribution in [0, 0.1) is 0 Å². The lowest BCUT2D eigenvalue weighted by Gasteiger charge is -2.25. The summed E-state index contributed by atoms with van der Waals surface area (Å²) in [5.41, 5.74) is 0. The van der Waals surface area contributed by atoms with Crippen LogP contribution in [0.15, 0.2) is 134 Å². The molecule has 1 N–H and O–H groups in total. The number of carbonyl (C=O) groups is 3. The number of allylic oxidation sites excluding steroid dienone is 22. The fourth-order valence-electron chi connectivity index (χ4n) is 6.40. The molecule has 0 heterocycles. The van der Waals surface area contributed by atoms with E-state index in [1.807, 2.05) is 21.1 Å². The van der Waals surface area contributed by atoms with E-state index in [1.165, 1.54) is 25.7 Å². The Morgan fingerprint density at radius 1 is 0.435 bits per heavy atom. The molecule has 0 saturated carbocycles. The highest BCUT2D eigenvalue weighted by atomic mass is 16.7. The standard InChI is InChI=1S/C60H95NO8/c1-6-8-10-12-14-16-18-20-22-24-25-26-27-28-29-30-31-32-33-35-37-39-41-43-45-47-49-51-58(63)69-56(55-68-60(59(64)65)66-53-52-61(3,4)5)54-67-57(62)50-48-46-44-42-40-38-36-34-23-21-19-17-15-13-11-9-7-2/h8-11,14-17,20-23,25-26,28-29,31-32,36,38,42,44,56,60H,6-7,12-13,18-19,24,27,30,33-35,37,39-41,43,45-55H2,1-5H3/p+1/b10-8-,11-9-,16-14-,17-15-,22-20-,23-21-,26-25-,29-28-,32-31-,38-36-,44-42-. The molecule has 0 aromatic heterocycles. The first-order valence-electron chi connectivity index (χ1n) is 26.3. The lowest BCUT2D eigenvalue weighted by Crippen LogP contribution is -2.40. The van der Waals surface area contributed by atoms with Gasteiger partial charge in [0.1, 0.15) is 13.2 Å². The van der Waals surface area contributed by atoms with Crippen LogP contribution in [-0.2, 0) is 33.3 Å². The van der Waals surface area contributed by atoms with E-state index in [4.69, 9.17) is 18.9 Å². The first kappa shape index (κ1) is 64.4. The lowest BCUT2D eigenvalue weighted by atomic mass is 10.1. The average Bonchev–Trinajstić information content (AvgIpc) is 3.31. The highest BCUT2D eigenvalue weighted by Crippen LogP contribution is 2.13. The normalized spacial score (nSPS) is 13.9. The second-order valence-electron chi connectivity index (χ2n) is 18.1. The second kappa shape index (κ2) is 49.8. The second-order valence-corrected chi connectivity index (χ2v) is 18.1. The number of esters is 2. The minimum Gasteiger partial charge on any atom is -0.477 e. The molecule has 0 saturated heterocycles. The van der Waals surface area contributed by atoms with Gasteiger partial charge in [0.05, 0.1) is 34.4 Å². The van der Waals surface area contributed by atoms with Crippen molar-refractivity contribution in [1.29, 1.82) is 0 Å². The summed E-state index contributed by atoms with van der Waals surface area (Å²) >= 11 is 0. The topological polar surface area (TPSA) is 108 Å². The molecule has 0 spiro atoms. The first-order chi connectivity index (χ1) is 33.6. The molecular formula is C60H96NO8+. The number of hydrogen-bond acceptors (Lipinski definition) is 7. The van der Waals surface area contributed by atoms with Gasteiger partial charge in [-0.05, 0) is 103 Å². The molecule has 388 valence electrons. The maximum atomic E-state index is 12.8. The number of carbonyl (C=O) groups excluding carboxylic acids is 2. The summed E-state index contributed by atoms with van der Waals surface area (Å²) in [6.45, 7) is 4.54. The monoisotopic (exact) mass is 959 g/mol. The van der Waals surface area contributed by atoms with E-state index in [9.17, 15) is 19.5 Å². The van der Waals surface area contributed by atoms with Crippen molar-refractivity contribution in [2.75, 3.05) is 47.5 Å². The SMILES string of the molecule is CC/C=C\C/C=C\C/C=C\C/C=C\C/C=C\C/C=C\CCCCCCCCCCC(=O)OC(COC(=O)CCC/C=C\C/C=C\C/C=C\C/C=C\C/C=C\CC)COC(OCC[N+](C)(C)C)C(=O)O. The minimum atomic E-state index is -1.53. The summed E-state index contributed by atoms with van der Waals surface area (Å²) in [5, 5.41) is 9.68. The number of rotatable bonds is 46. The van der Waals surface area contributed by atoms with E-state index in [2.05, 4.69) is 148 Å². The van der Waals surface area contributed by atoms with E-state index >= 15 is 0 Å². The minimum absolute atomic E-state index is 0.169. The van der Waals surface area contributed by atoms with Crippen LogP contribution in [-0.4, -0.2) is 87.4 Å². The van der Waals surface area contributed by atoms with Crippen LogP contribution >= 0.6 is 0 Å². The van der Waals surface area contributed by atoms with Crippen molar-refractivity contribution < 1.29 is 42.9 Å². The highest BCUT2D eigenvalue weighted by molar-refractivity contribution is 5.71. The van der Waals surface area contributed by atoms with Crippen molar-refractivity contribution in [2.24, 2.45) is 0 Å². The lowest BCUT2D eigenvalue weighted by molar-refractivity contribution is -0.870. The molecule has 0 aromatic carbocycles. The zero-order chi connectivity index (χ0) is 50.6. The number of quaternary nitrogens is 1. The predicted molar refractivity (Wildman–Crippen MR) is 290 cm³/mol. The molecule has 0 aliphatic heterocycles. The summed E-state index contributed by atoms with van der Waals surface area (Å²) in [6.07, 6.45) is 68.1. The third-order valence-corrected chi connectivity index (χ3v) is 10.4. The number of carboxylic acids is 1. The van der Waals surface area contributed by atoms with Crippen LogP contribution < -0.4 is 0 Å². The number of unbranched alkanes of at least 4 members (excludes halogenated alkanes) is 9. The first-order valence-corrected chi connectivity index (χ1v) is 26.3. The van der Waals surface area contributed by atoms with E-state index in [1.54, 1.807) is 0 Å². The molecule has 2 atom stereocenters. The van der Waals surface area contributed by atoms with Crippen molar-refractivity contribution in [3.63, 3.8) is 0 Å². The van der Waals surface area contributed by atoms with Gasteiger partial charge in [-0.15, -0.1) is 0 Å². The number of ether oxygens (including phenoxy) is 4. The summed E-state index contributed by atoms with van der Waals surface area (Å²) in [5.74, 6) is -2.12. The molecule has 0 aliphatic rings. The van der Waals surface area contributed by atoms with E-state index in [-0.39, 0.29) is 32.7 Å². The van der Waals surface area contributed by atoms with E-state index < -0.39 is 30.3 Å². The van der Waals surface area contributed by atoms with Crippen molar-refractivity contribution in [3.05, 3.63) is 134 Å². The van der Waals surface area contributed by atoms with Crippen LogP contribution in [0.2, 0.25) is 0 Å². The molecule has 0 aromatic rings. The van der Waals surface area contributed by atoms with Gasteiger partial charge in [-0.25, -0.2) is 4.79 Å². The third-order valence-electron chi connectivity index (χ3n) is 10.4.